The lowest BCUT2D eigenvalue weighted by Crippen LogP contribution is -2.16. The van der Waals surface area contributed by atoms with Crippen LogP contribution in [0.1, 0.15) is 52.7 Å². The average molecular weight is 953 g/mol. The molecule has 0 spiro atoms. The third kappa shape index (κ3) is 8.27. The van der Waals surface area contributed by atoms with E-state index in [1.807, 2.05) is 0 Å². The normalized spacial score (nSPS) is 11.9. The molecule has 74 heavy (non-hydrogen) atoms. The maximum atomic E-state index is 2.56. The molecule has 0 aliphatic heterocycles. The van der Waals surface area contributed by atoms with E-state index >= 15 is 0 Å². The van der Waals surface area contributed by atoms with E-state index in [1.165, 1.54) is 71.6 Å². The second-order valence-corrected chi connectivity index (χ2v) is 21.7. The Kier molecular flexibility index (Phi) is 11.7. The van der Waals surface area contributed by atoms with Crippen LogP contribution in [0.25, 0.3) is 93.9 Å². The summed E-state index contributed by atoms with van der Waals surface area (Å²) in [6.45, 7) is 14.0. The fraction of sp³-hybridized carbons (Fsp3) is 0.111. The first-order chi connectivity index (χ1) is 36.0. The number of para-hydroxylation sites is 4. The minimum absolute atomic E-state index is 0.0309. The highest BCUT2D eigenvalue weighted by Gasteiger charge is 2.28. The van der Waals surface area contributed by atoms with E-state index in [-0.39, 0.29) is 10.8 Å². The van der Waals surface area contributed by atoms with Crippen LogP contribution in [0.5, 0.6) is 0 Å². The zero-order valence-corrected chi connectivity index (χ0v) is 43.1. The predicted octanol–water partition coefficient (Wildman–Crippen LogP) is 20.3. The molecule has 1 aromatic heterocycles. The van der Waals surface area contributed by atoms with Crippen LogP contribution >= 0.6 is 0 Å². The van der Waals surface area contributed by atoms with Gasteiger partial charge in [0.15, 0.2) is 0 Å². The minimum atomic E-state index is -0.0309. The molecule has 0 saturated heterocycles. The molecule has 0 atom stereocenters. The van der Waals surface area contributed by atoms with Crippen molar-refractivity contribution < 1.29 is 0 Å². The third-order valence-corrected chi connectivity index (χ3v) is 14.9. The van der Waals surface area contributed by atoms with Gasteiger partial charge >= 0.3 is 0 Å². The summed E-state index contributed by atoms with van der Waals surface area (Å²) in [5.41, 5.74) is 21.2. The largest absolute Gasteiger partial charge is 0.309 e. The summed E-state index contributed by atoms with van der Waals surface area (Å²) >= 11 is 0. The van der Waals surface area contributed by atoms with E-state index in [4.69, 9.17) is 0 Å². The van der Waals surface area contributed by atoms with E-state index in [0.717, 1.165) is 50.5 Å². The van der Waals surface area contributed by atoms with E-state index in [9.17, 15) is 0 Å². The van der Waals surface area contributed by atoms with Crippen LogP contribution in [0.15, 0.2) is 255 Å². The summed E-state index contributed by atoms with van der Waals surface area (Å²) < 4.78 is 2.43. The van der Waals surface area contributed by atoms with Crippen molar-refractivity contribution in [3.63, 3.8) is 0 Å². The molecule has 358 valence electrons. The molecule has 2 heteroatoms. The zero-order chi connectivity index (χ0) is 50.6. The molecule has 0 amide bonds. The highest BCUT2D eigenvalue weighted by atomic mass is 15.2. The Morgan fingerprint density at radius 2 is 0.730 bits per heavy atom. The molecular weight excluding hydrogens is 893 g/mol. The zero-order valence-electron chi connectivity index (χ0n) is 43.1. The van der Waals surface area contributed by atoms with Crippen molar-refractivity contribution in [3.8, 4) is 61.3 Å². The van der Waals surface area contributed by atoms with Crippen molar-refractivity contribution in [2.75, 3.05) is 4.90 Å². The average Bonchev–Trinajstić information content (AvgIpc) is 3.79. The standard InChI is InChI=1S/C72H60N2/c1-71(2,3)52-46-51(47-53(48-52)72(4,5)6)56-39-23-28-50-29-24-40-62(69(50)56)61-37-18-21-42-65(61)74(68-45-25-44-67-70(68)63-38-19-22-43-66(63)73(67)54-30-11-8-12-31-54)64-41-20-17-36-60(64)59-35-16-15-34-58(59)57-33-14-13-32-55(57)49-26-9-7-10-27-49/h7-48H,1-6H3. The first-order valence-corrected chi connectivity index (χ1v) is 26.0. The minimum Gasteiger partial charge on any atom is -0.309 e. The number of aromatic nitrogens is 1. The maximum Gasteiger partial charge on any atom is 0.0562 e. The number of hydrogen-bond donors (Lipinski definition) is 0. The van der Waals surface area contributed by atoms with E-state index < -0.39 is 0 Å². The Labute approximate surface area is 436 Å². The Bertz CT molecular complexity index is 3990. The van der Waals surface area contributed by atoms with Crippen LogP contribution in [0.4, 0.5) is 17.1 Å². The molecule has 0 aliphatic rings. The second-order valence-electron chi connectivity index (χ2n) is 21.7. The van der Waals surface area contributed by atoms with Gasteiger partial charge in [-0.25, -0.2) is 0 Å². The molecule has 2 nitrogen and oxygen atoms in total. The Balaban J connectivity index is 1.16. The summed E-state index contributed by atoms with van der Waals surface area (Å²) in [6, 6.07) is 94.2. The fourth-order valence-corrected chi connectivity index (χ4v) is 11.2. The molecule has 1 heterocycles. The summed E-state index contributed by atoms with van der Waals surface area (Å²) in [5.74, 6) is 0. The van der Waals surface area contributed by atoms with Crippen molar-refractivity contribution in [2.45, 2.75) is 52.4 Å². The van der Waals surface area contributed by atoms with Crippen LogP contribution in [0.3, 0.4) is 0 Å². The van der Waals surface area contributed by atoms with Gasteiger partial charge in [0.05, 0.1) is 28.1 Å². The fourth-order valence-electron chi connectivity index (χ4n) is 11.2. The number of benzene rings is 11. The van der Waals surface area contributed by atoms with Gasteiger partial charge in [0.2, 0.25) is 0 Å². The SMILES string of the molecule is CC(C)(C)c1cc(-c2cccc3cccc(-c4ccccc4N(c4ccccc4-c4ccccc4-c4ccccc4-c4ccccc4)c4cccc5c4c4ccccc4n5-c4ccccc4)c23)cc(C(C)(C)C)c1. The van der Waals surface area contributed by atoms with Crippen molar-refractivity contribution in [2.24, 2.45) is 0 Å². The van der Waals surface area contributed by atoms with Crippen LogP contribution in [0.2, 0.25) is 0 Å². The van der Waals surface area contributed by atoms with E-state index in [0.29, 0.717) is 0 Å². The molecule has 12 aromatic rings. The van der Waals surface area contributed by atoms with Gasteiger partial charge in [-0.15, -0.1) is 0 Å². The molecular formula is C72H60N2. The maximum absolute atomic E-state index is 2.56. The molecule has 12 rings (SSSR count). The lowest BCUT2D eigenvalue weighted by atomic mass is 9.78. The van der Waals surface area contributed by atoms with Gasteiger partial charge in [-0.3, -0.25) is 0 Å². The quantitative estimate of drug-likeness (QED) is 0.140. The molecule has 0 fully saturated rings. The van der Waals surface area contributed by atoms with Crippen molar-refractivity contribution >= 4 is 49.6 Å². The lowest BCUT2D eigenvalue weighted by molar-refractivity contribution is 0.569. The molecule has 0 bridgehead atoms. The van der Waals surface area contributed by atoms with Gasteiger partial charge in [0, 0.05) is 27.6 Å². The summed E-state index contributed by atoms with van der Waals surface area (Å²) in [4.78, 5) is 2.56. The number of nitrogens with zero attached hydrogens (tertiary/aromatic N) is 2. The lowest BCUT2D eigenvalue weighted by Gasteiger charge is -2.31. The van der Waals surface area contributed by atoms with Gasteiger partial charge in [-0.1, -0.05) is 254 Å². The number of anilines is 3. The predicted molar refractivity (Wildman–Crippen MR) is 318 cm³/mol. The van der Waals surface area contributed by atoms with Crippen LogP contribution < -0.4 is 4.90 Å². The Morgan fingerprint density at radius 3 is 1.35 bits per heavy atom. The topological polar surface area (TPSA) is 8.17 Å². The molecule has 0 saturated carbocycles. The van der Waals surface area contributed by atoms with E-state index in [1.54, 1.807) is 0 Å². The first-order valence-electron chi connectivity index (χ1n) is 26.0. The summed E-state index contributed by atoms with van der Waals surface area (Å²) in [6.07, 6.45) is 0. The molecule has 11 aromatic carbocycles. The third-order valence-electron chi connectivity index (χ3n) is 14.9. The Morgan fingerprint density at radius 1 is 0.297 bits per heavy atom. The van der Waals surface area contributed by atoms with Gasteiger partial charge in [0.25, 0.3) is 0 Å². The van der Waals surface area contributed by atoms with Crippen molar-refractivity contribution in [1.82, 2.24) is 4.57 Å². The number of fused-ring (bicyclic) bond motifs is 4. The van der Waals surface area contributed by atoms with Gasteiger partial charge < -0.3 is 9.47 Å². The Hall–Kier alpha value is -8.72. The van der Waals surface area contributed by atoms with Crippen molar-refractivity contribution in [3.05, 3.63) is 266 Å². The molecule has 0 radical (unpaired) electrons. The van der Waals surface area contributed by atoms with Gasteiger partial charge in [-0.2, -0.15) is 0 Å². The van der Waals surface area contributed by atoms with Crippen molar-refractivity contribution in [1.29, 1.82) is 0 Å². The monoisotopic (exact) mass is 952 g/mol. The molecule has 0 unspecified atom stereocenters. The van der Waals surface area contributed by atoms with Gasteiger partial charge in [-0.05, 0) is 120 Å². The molecule has 0 N–H and O–H groups in total. The summed E-state index contributed by atoms with van der Waals surface area (Å²) in [5, 5.41) is 4.83. The van der Waals surface area contributed by atoms with Crippen LogP contribution in [-0.2, 0) is 10.8 Å². The second kappa shape index (κ2) is 18.7. The van der Waals surface area contributed by atoms with Crippen LogP contribution in [0, 0.1) is 0 Å². The van der Waals surface area contributed by atoms with Gasteiger partial charge in [0.1, 0.15) is 0 Å². The van der Waals surface area contributed by atoms with Crippen LogP contribution in [-0.4, -0.2) is 4.57 Å². The smallest absolute Gasteiger partial charge is 0.0562 e. The molecule has 0 aliphatic carbocycles. The highest BCUT2D eigenvalue weighted by Crippen LogP contribution is 2.52. The highest BCUT2D eigenvalue weighted by molar-refractivity contribution is 6.18. The number of hydrogen-bond acceptors (Lipinski definition) is 1. The number of rotatable bonds is 9. The first kappa shape index (κ1) is 46.4. The van der Waals surface area contributed by atoms with E-state index in [2.05, 4.69) is 306 Å². The summed E-state index contributed by atoms with van der Waals surface area (Å²) in [7, 11) is 0.